The van der Waals surface area contributed by atoms with Gasteiger partial charge in [0.25, 0.3) is 0 Å². The van der Waals surface area contributed by atoms with E-state index in [1.165, 1.54) is 31.3 Å². The van der Waals surface area contributed by atoms with E-state index in [-0.39, 0.29) is 41.1 Å². The van der Waals surface area contributed by atoms with Gasteiger partial charge in [-0.25, -0.2) is 5.57 Å². The second kappa shape index (κ2) is 6.77. The zero-order valence-corrected chi connectivity index (χ0v) is 12.4. The van der Waals surface area contributed by atoms with E-state index in [4.69, 9.17) is 0 Å². The molecule has 2 aliphatic carbocycles. The molecule has 2 rings (SSSR count). The Balaban J connectivity index is 0. The molecule has 0 saturated carbocycles. The Labute approximate surface area is 109 Å². The maximum atomic E-state index is 3.50. The van der Waals surface area contributed by atoms with E-state index in [1.54, 1.807) is 11.1 Å². The fourth-order valence-corrected chi connectivity index (χ4v) is 2.33. The van der Waals surface area contributed by atoms with Gasteiger partial charge in [0.1, 0.15) is 0 Å². The van der Waals surface area contributed by atoms with E-state index < -0.39 is 0 Å². The number of allylic oxidation sites excluding steroid dienone is 4. The van der Waals surface area contributed by atoms with Crippen LogP contribution in [0, 0.1) is 26.8 Å². The van der Waals surface area contributed by atoms with Crippen molar-refractivity contribution in [1.82, 2.24) is 0 Å². The van der Waals surface area contributed by atoms with Gasteiger partial charge in [-0.1, -0.05) is 39.0 Å². The van der Waals surface area contributed by atoms with Crippen LogP contribution in [-0.4, -0.2) is 0 Å². The zero-order valence-electron chi connectivity index (χ0n) is 9.91. The van der Waals surface area contributed by atoms with Crippen molar-refractivity contribution in [3.8, 4) is 0 Å². The van der Waals surface area contributed by atoms with Crippen molar-refractivity contribution in [2.45, 2.75) is 39.5 Å². The quantitative estimate of drug-likeness (QED) is 0.579. The molecule has 0 aliphatic heterocycles. The third-order valence-electron chi connectivity index (χ3n) is 2.92. The van der Waals surface area contributed by atoms with Gasteiger partial charge in [0.2, 0.25) is 0 Å². The Morgan fingerprint density at radius 2 is 1.71 bits per heavy atom. The predicted molar refractivity (Wildman–Crippen MR) is 59.9 cm³/mol. The molecule has 1 radical (unpaired) electrons. The normalized spacial score (nSPS) is 23.9. The maximum Gasteiger partial charge on any atom is 3.00 e. The predicted octanol–water partition coefficient (Wildman–Crippen LogP) is 4.15. The summed E-state index contributed by atoms with van der Waals surface area (Å²) in [5.74, 6) is 0.630. The molecule has 1 unspecified atom stereocenters. The SMILES string of the molecule is CC1=[C-]C(C)C2=C1CCCC2.[CH3-].[CH3-].[Zr+3]. The van der Waals surface area contributed by atoms with Crippen molar-refractivity contribution in [2.75, 3.05) is 0 Å². The average Bonchev–Trinajstić information content (AvgIpc) is 2.30. The summed E-state index contributed by atoms with van der Waals surface area (Å²) in [6.45, 7) is 4.49. The zero-order chi connectivity index (χ0) is 7.84. The van der Waals surface area contributed by atoms with Crippen LogP contribution in [0.4, 0.5) is 0 Å². The Morgan fingerprint density at radius 3 is 2.29 bits per heavy atom. The fraction of sp³-hybridized carbons (Fsp3) is 0.538. The van der Waals surface area contributed by atoms with Crippen molar-refractivity contribution in [3.05, 3.63) is 37.6 Å². The van der Waals surface area contributed by atoms with Gasteiger partial charge in [0.05, 0.1) is 0 Å². The van der Waals surface area contributed by atoms with Crippen LogP contribution < -0.4 is 0 Å². The van der Waals surface area contributed by atoms with Crippen molar-refractivity contribution in [1.29, 1.82) is 0 Å². The van der Waals surface area contributed by atoms with E-state index in [9.17, 15) is 0 Å². The minimum Gasteiger partial charge on any atom is -0.358 e. The van der Waals surface area contributed by atoms with Crippen molar-refractivity contribution in [2.24, 2.45) is 5.92 Å². The van der Waals surface area contributed by atoms with Gasteiger partial charge in [0.15, 0.2) is 0 Å². The summed E-state index contributed by atoms with van der Waals surface area (Å²) in [5, 5.41) is 0. The Morgan fingerprint density at radius 1 is 1.14 bits per heavy atom. The maximum absolute atomic E-state index is 3.50. The summed E-state index contributed by atoms with van der Waals surface area (Å²) in [4.78, 5) is 0. The summed E-state index contributed by atoms with van der Waals surface area (Å²) in [6, 6.07) is 0. The summed E-state index contributed by atoms with van der Waals surface area (Å²) < 4.78 is 0. The minimum absolute atomic E-state index is 0. The molecule has 0 heterocycles. The Kier molecular flexibility index (Phi) is 8.12. The van der Waals surface area contributed by atoms with E-state index in [2.05, 4.69) is 19.9 Å². The Hall–Kier alpha value is 0.363. The second-order valence-electron chi connectivity index (χ2n) is 3.70. The van der Waals surface area contributed by atoms with E-state index >= 15 is 0 Å². The van der Waals surface area contributed by atoms with Crippen LogP contribution in [0.25, 0.3) is 0 Å². The molecule has 0 saturated heterocycles. The first-order valence-corrected chi connectivity index (χ1v) is 4.61. The van der Waals surface area contributed by atoms with Crippen LogP contribution in [0.15, 0.2) is 16.7 Å². The van der Waals surface area contributed by atoms with Gasteiger partial charge in [-0.2, -0.15) is 11.1 Å². The van der Waals surface area contributed by atoms with Crippen LogP contribution in [-0.2, 0) is 26.2 Å². The molecule has 2 aliphatic rings. The molecule has 14 heavy (non-hydrogen) atoms. The van der Waals surface area contributed by atoms with E-state index in [1.807, 2.05) is 0 Å². The van der Waals surface area contributed by atoms with Gasteiger partial charge in [-0.15, -0.1) is 0 Å². The van der Waals surface area contributed by atoms with Crippen LogP contribution in [0.5, 0.6) is 0 Å². The van der Waals surface area contributed by atoms with Crippen molar-refractivity contribution < 1.29 is 26.2 Å². The Bertz CT molecular complexity index is 236. The molecule has 0 aromatic heterocycles. The van der Waals surface area contributed by atoms with Gasteiger partial charge in [-0.3, -0.25) is 6.08 Å². The smallest absolute Gasteiger partial charge is 0.358 e. The largest absolute Gasteiger partial charge is 3.00 e. The molecule has 0 bridgehead atoms. The van der Waals surface area contributed by atoms with Gasteiger partial charge in [-0.05, 0) is 6.42 Å². The van der Waals surface area contributed by atoms with E-state index in [0.717, 1.165) is 0 Å². The first-order chi connectivity index (χ1) is 5.29. The molecule has 0 nitrogen and oxygen atoms in total. The van der Waals surface area contributed by atoms with Crippen LogP contribution in [0.1, 0.15) is 39.5 Å². The van der Waals surface area contributed by atoms with Gasteiger partial charge in [0, 0.05) is 0 Å². The summed E-state index contributed by atoms with van der Waals surface area (Å²) in [7, 11) is 0. The molecule has 0 spiro atoms. The number of hydrogen-bond donors (Lipinski definition) is 0. The average molecular weight is 269 g/mol. The minimum atomic E-state index is 0. The first-order valence-electron chi connectivity index (χ1n) is 4.61. The molecule has 0 aromatic rings. The summed E-state index contributed by atoms with van der Waals surface area (Å²) in [5.41, 5.74) is 4.77. The fourth-order valence-electron chi connectivity index (χ4n) is 2.33. The molecule has 0 amide bonds. The van der Waals surface area contributed by atoms with Crippen LogP contribution in [0.2, 0.25) is 0 Å². The second-order valence-corrected chi connectivity index (χ2v) is 3.70. The molecule has 1 atom stereocenters. The van der Waals surface area contributed by atoms with Crippen molar-refractivity contribution in [3.63, 3.8) is 0 Å². The number of hydrogen-bond acceptors (Lipinski definition) is 0. The third kappa shape index (κ3) is 2.92. The van der Waals surface area contributed by atoms with Crippen LogP contribution >= 0.6 is 0 Å². The molecular weight excluding hydrogens is 247 g/mol. The molecule has 0 fully saturated rings. The van der Waals surface area contributed by atoms with Gasteiger partial charge < -0.3 is 14.9 Å². The first kappa shape index (κ1) is 16.8. The molecular formula is C13H21Zr. The van der Waals surface area contributed by atoms with Crippen molar-refractivity contribution >= 4 is 0 Å². The standard InChI is InChI=1S/C11H15.2CH3.Zr/c1-8-7-9(2)11-6-4-3-5-10(8)11;;;/h8H,3-6H2,1-2H3;2*1H3;/q3*-1;+3. The third-order valence-corrected chi connectivity index (χ3v) is 2.92. The van der Waals surface area contributed by atoms with Gasteiger partial charge >= 0.3 is 26.2 Å². The number of rotatable bonds is 0. The summed E-state index contributed by atoms with van der Waals surface area (Å²) >= 11 is 0. The van der Waals surface area contributed by atoms with E-state index in [0.29, 0.717) is 5.92 Å². The topological polar surface area (TPSA) is 0 Å². The molecule has 0 N–H and O–H groups in total. The van der Waals surface area contributed by atoms with Crippen LogP contribution in [0.3, 0.4) is 0 Å². The monoisotopic (exact) mass is 267 g/mol. The molecule has 0 aromatic carbocycles. The summed E-state index contributed by atoms with van der Waals surface area (Å²) in [6.07, 6.45) is 8.95. The molecule has 1 heteroatoms. The molecule has 77 valence electrons.